The van der Waals surface area contributed by atoms with Crippen molar-refractivity contribution in [3.05, 3.63) is 29.6 Å². The fourth-order valence-corrected chi connectivity index (χ4v) is 1.31. The summed E-state index contributed by atoms with van der Waals surface area (Å²) in [5.74, 6) is -0.383. The number of phenols is 1. The molecule has 0 aliphatic rings. The minimum atomic E-state index is -0.379. The lowest BCUT2D eigenvalue weighted by atomic mass is 10.1. The quantitative estimate of drug-likeness (QED) is 0.708. The van der Waals surface area contributed by atoms with Gasteiger partial charge in [0.2, 0.25) is 0 Å². The maximum absolute atomic E-state index is 12.8. The van der Waals surface area contributed by atoms with Gasteiger partial charge in [0, 0.05) is 6.07 Å². The molecule has 0 aliphatic carbocycles. The van der Waals surface area contributed by atoms with E-state index in [0.717, 1.165) is 37.6 Å². The Balaban J connectivity index is 2.42. The molecule has 0 aliphatic heterocycles. The smallest absolute Gasteiger partial charge is 0.127 e. The lowest BCUT2D eigenvalue weighted by Gasteiger charge is -2.04. The number of hydrogen-bond donors (Lipinski definition) is 2. The van der Waals surface area contributed by atoms with E-state index in [0.29, 0.717) is 0 Å². The second-order valence-electron chi connectivity index (χ2n) is 3.32. The molecule has 2 N–H and O–H groups in total. The predicted octanol–water partition coefficient (Wildman–Crippen LogP) is 2.07. The lowest BCUT2D eigenvalue weighted by Crippen LogP contribution is -2.17. The molecule has 2 nitrogen and oxygen atoms in total. The summed E-state index contributed by atoms with van der Waals surface area (Å²) in [5.41, 5.74) is 0.825. The number of halogens is 1. The van der Waals surface area contributed by atoms with Crippen LogP contribution in [0.15, 0.2) is 18.2 Å². The van der Waals surface area contributed by atoms with Crippen molar-refractivity contribution in [2.75, 3.05) is 13.1 Å². The molecular formula is C11H16FNO. The summed E-state index contributed by atoms with van der Waals surface area (Å²) in [4.78, 5) is 0. The van der Waals surface area contributed by atoms with Gasteiger partial charge in [0.15, 0.2) is 0 Å². The zero-order valence-corrected chi connectivity index (χ0v) is 8.39. The van der Waals surface area contributed by atoms with Crippen molar-refractivity contribution in [3.63, 3.8) is 0 Å². The Bertz CT molecular complexity index is 268. The molecule has 0 saturated carbocycles. The molecule has 0 bridgehead atoms. The predicted molar refractivity (Wildman–Crippen MR) is 54.9 cm³/mol. The third-order valence-electron chi connectivity index (χ3n) is 1.96. The SMILES string of the molecule is CCCNCCc1cc(O)cc(F)c1. The maximum Gasteiger partial charge on any atom is 0.127 e. The van der Waals surface area contributed by atoms with Crippen molar-refractivity contribution < 1.29 is 9.50 Å². The van der Waals surface area contributed by atoms with E-state index in [2.05, 4.69) is 12.2 Å². The molecule has 0 radical (unpaired) electrons. The number of rotatable bonds is 5. The van der Waals surface area contributed by atoms with Crippen LogP contribution in [-0.4, -0.2) is 18.2 Å². The van der Waals surface area contributed by atoms with Crippen molar-refractivity contribution in [2.24, 2.45) is 0 Å². The van der Waals surface area contributed by atoms with E-state index < -0.39 is 0 Å². The molecule has 78 valence electrons. The largest absolute Gasteiger partial charge is 0.508 e. The van der Waals surface area contributed by atoms with Crippen molar-refractivity contribution in [1.82, 2.24) is 5.32 Å². The zero-order valence-electron chi connectivity index (χ0n) is 8.39. The fourth-order valence-electron chi connectivity index (χ4n) is 1.31. The topological polar surface area (TPSA) is 32.3 Å². The Hall–Kier alpha value is -1.09. The lowest BCUT2D eigenvalue weighted by molar-refractivity contribution is 0.468. The molecule has 0 aromatic heterocycles. The van der Waals surface area contributed by atoms with Gasteiger partial charge >= 0.3 is 0 Å². The first-order valence-corrected chi connectivity index (χ1v) is 4.91. The van der Waals surface area contributed by atoms with Crippen LogP contribution in [0.1, 0.15) is 18.9 Å². The van der Waals surface area contributed by atoms with Gasteiger partial charge in [-0.2, -0.15) is 0 Å². The summed E-state index contributed by atoms with van der Waals surface area (Å²) >= 11 is 0. The van der Waals surface area contributed by atoms with Gasteiger partial charge < -0.3 is 10.4 Å². The average molecular weight is 197 g/mol. The molecule has 0 unspecified atom stereocenters. The standard InChI is InChI=1S/C11H16FNO/c1-2-4-13-5-3-9-6-10(12)8-11(14)7-9/h6-8,13-14H,2-5H2,1H3. The van der Waals surface area contributed by atoms with Crippen molar-refractivity contribution >= 4 is 0 Å². The van der Waals surface area contributed by atoms with Crippen LogP contribution < -0.4 is 5.32 Å². The number of aromatic hydroxyl groups is 1. The van der Waals surface area contributed by atoms with Gasteiger partial charge in [-0.15, -0.1) is 0 Å². The Labute approximate surface area is 83.8 Å². The zero-order chi connectivity index (χ0) is 10.4. The molecule has 0 fully saturated rings. The van der Waals surface area contributed by atoms with Crippen molar-refractivity contribution in [1.29, 1.82) is 0 Å². The number of nitrogens with one attached hydrogen (secondary N) is 1. The normalized spacial score (nSPS) is 10.4. The van der Waals surface area contributed by atoms with E-state index >= 15 is 0 Å². The van der Waals surface area contributed by atoms with Gasteiger partial charge in [-0.1, -0.05) is 6.92 Å². The van der Waals surface area contributed by atoms with Gasteiger partial charge in [-0.05, 0) is 43.6 Å². The van der Waals surface area contributed by atoms with Gasteiger partial charge in [0.25, 0.3) is 0 Å². The maximum atomic E-state index is 12.8. The van der Waals surface area contributed by atoms with Crippen LogP contribution in [-0.2, 0) is 6.42 Å². The van der Waals surface area contributed by atoms with Crippen LogP contribution in [0.25, 0.3) is 0 Å². The van der Waals surface area contributed by atoms with E-state index in [4.69, 9.17) is 5.11 Å². The Kier molecular flexibility index (Phi) is 4.40. The minimum Gasteiger partial charge on any atom is -0.508 e. The van der Waals surface area contributed by atoms with Crippen LogP contribution in [0.5, 0.6) is 5.75 Å². The number of benzene rings is 1. The van der Waals surface area contributed by atoms with Crippen LogP contribution in [0.4, 0.5) is 4.39 Å². The highest BCUT2D eigenvalue weighted by atomic mass is 19.1. The summed E-state index contributed by atoms with van der Waals surface area (Å²) in [6.45, 7) is 3.89. The number of hydrogen-bond acceptors (Lipinski definition) is 2. The summed E-state index contributed by atoms with van der Waals surface area (Å²) in [7, 11) is 0. The fraction of sp³-hybridized carbons (Fsp3) is 0.455. The van der Waals surface area contributed by atoms with E-state index in [-0.39, 0.29) is 11.6 Å². The molecule has 1 aromatic carbocycles. The molecule has 0 saturated heterocycles. The summed E-state index contributed by atoms with van der Waals surface area (Å²) in [6, 6.07) is 4.16. The Morgan fingerprint density at radius 3 is 2.71 bits per heavy atom. The Morgan fingerprint density at radius 2 is 2.07 bits per heavy atom. The summed E-state index contributed by atoms with van der Waals surface area (Å²) in [5, 5.41) is 12.4. The van der Waals surface area contributed by atoms with Gasteiger partial charge in [-0.3, -0.25) is 0 Å². The summed E-state index contributed by atoms with van der Waals surface area (Å²) < 4.78 is 12.8. The second-order valence-corrected chi connectivity index (χ2v) is 3.32. The molecule has 0 heterocycles. The first-order valence-electron chi connectivity index (χ1n) is 4.91. The third-order valence-corrected chi connectivity index (χ3v) is 1.96. The van der Waals surface area contributed by atoms with Gasteiger partial charge in [-0.25, -0.2) is 4.39 Å². The molecule has 1 aromatic rings. The van der Waals surface area contributed by atoms with Crippen LogP contribution in [0.3, 0.4) is 0 Å². The van der Waals surface area contributed by atoms with Crippen LogP contribution >= 0.6 is 0 Å². The monoisotopic (exact) mass is 197 g/mol. The highest BCUT2D eigenvalue weighted by molar-refractivity contribution is 5.28. The summed E-state index contributed by atoms with van der Waals surface area (Å²) in [6.07, 6.45) is 1.83. The number of phenolic OH excluding ortho intramolecular Hbond substituents is 1. The van der Waals surface area contributed by atoms with Crippen molar-refractivity contribution in [3.8, 4) is 5.75 Å². The molecule has 0 spiro atoms. The van der Waals surface area contributed by atoms with E-state index in [1.165, 1.54) is 6.07 Å². The highest BCUT2D eigenvalue weighted by Crippen LogP contribution is 2.14. The van der Waals surface area contributed by atoms with E-state index in [1.807, 2.05) is 0 Å². The first kappa shape index (κ1) is 11.0. The third kappa shape index (κ3) is 3.75. The van der Waals surface area contributed by atoms with E-state index in [9.17, 15) is 4.39 Å². The highest BCUT2D eigenvalue weighted by Gasteiger charge is 1.99. The molecule has 0 amide bonds. The molecule has 14 heavy (non-hydrogen) atoms. The molecule has 0 atom stereocenters. The van der Waals surface area contributed by atoms with Gasteiger partial charge in [0.05, 0.1) is 0 Å². The van der Waals surface area contributed by atoms with E-state index in [1.54, 1.807) is 6.07 Å². The average Bonchev–Trinajstić information content (AvgIpc) is 2.11. The molecule has 1 rings (SSSR count). The van der Waals surface area contributed by atoms with Crippen molar-refractivity contribution in [2.45, 2.75) is 19.8 Å². The molecular weight excluding hydrogens is 181 g/mol. The molecule has 3 heteroatoms. The second kappa shape index (κ2) is 5.60. The van der Waals surface area contributed by atoms with Crippen LogP contribution in [0.2, 0.25) is 0 Å². The Morgan fingerprint density at radius 1 is 1.29 bits per heavy atom. The minimum absolute atomic E-state index is 0.00417. The first-order chi connectivity index (χ1) is 6.72. The van der Waals surface area contributed by atoms with Gasteiger partial charge in [0.1, 0.15) is 11.6 Å². The van der Waals surface area contributed by atoms with Crippen LogP contribution in [0, 0.1) is 5.82 Å².